The van der Waals surface area contributed by atoms with Crippen LogP contribution in [0.3, 0.4) is 0 Å². The predicted octanol–water partition coefficient (Wildman–Crippen LogP) is 2.76. The highest BCUT2D eigenvalue weighted by atomic mass is 19.1. The van der Waals surface area contributed by atoms with E-state index in [1.54, 1.807) is 23.2 Å². The minimum atomic E-state index is -0.220. The minimum Gasteiger partial charge on any atom is -0.382 e. The molecule has 1 aliphatic carbocycles. The molecule has 1 saturated carbocycles. The fourth-order valence-corrected chi connectivity index (χ4v) is 3.12. The van der Waals surface area contributed by atoms with Crippen molar-refractivity contribution < 1.29 is 9.18 Å². The fraction of sp³-hybridized carbons (Fsp3) is 0.368. The molecule has 1 aromatic heterocycles. The molecule has 1 aromatic carbocycles. The molecule has 1 amide bonds. The number of nitrogens with one attached hydrogen (secondary N) is 1. The highest BCUT2D eigenvalue weighted by Crippen LogP contribution is 2.25. The summed E-state index contributed by atoms with van der Waals surface area (Å²) in [5.41, 5.74) is 2.01. The number of rotatable bonds is 4. The quantitative estimate of drug-likeness (QED) is 0.930. The van der Waals surface area contributed by atoms with Gasteiger partial charge in [-0.3, -0.25) is 9.78 Å². The minimum absolute atomic E-state index is 0.0624. The number of aromatic nitrogens is 1. The number of amides is 1. The molecule has 2 aromatic rings. The van der Waals surface area contributed by atoms with E-state index >= 15 is 0 Å². The number of nitrogens with zero attached hydrogens (tertiary/aromatic N) is 3. The molecule has 0 bridgehead atoms. The number of hydrogen-bond acceptors (Lipinski definition) is 4. The number of benzene rings is 1. The third kappa shape index (κ3) is 3.57. The molecular weight excluding hydrogens is 319 g/mol. The van der Waals surface area contributed by atoms with Crippen molar-refractivity contribution in [3.63, 3.8) is 0 Å². The summed E-state index contributed by atoms with van der Waals surface area (Å²) in [6.07, 6.45) is 4.04. The highest BCUT2D eigenvalue weighted by Gasteiger charge is 2.25. The molecule has 1 N–H and O–H groups in total. The lowest BCUT2D eigenvalue weighted by Gasteiger charge is -2.36. The fourth-order valence-electron chi connectivity index (χ4n) is 3.12. The number of halogens is 1. The van der Waals surface area contributed by atoms with Gasteiger partial charge in [-0.25, -0.2) is 4.39 Å². The average Bonchev–Trinajstić information content (AvgIpc) is 3.46. The highest BCUT2D eigenvalue weighted by molar-refractivity contribution is 5.93. The summed E-state index contributed by atoms with van der Waals surface area (Å²) in [4.78, 5) is 20.7. The van der Waals surface area contributed by atoms with E-state index in [1.165, 1.54) is 18.9 Å². The lowest BCUT2D eigenvalue weighted by Crippen LogP contribution is -2.49. The summed E-state index contributed by atoms with van der Waals surface area (Å²) in [6.45, 7) is 2.36. The maximum absolute atomic E-state index is 13.9. The van der Waals surface area contributed by atoms with Gasteiger partial charge in [-0.2, -0.15) is 0 Å². The van der Waals surface area contributed by atoms with Gasteiger partial charge in [-0.1, -0.05) is 12.1 Å². The zero-order chi connectivity index (χ0) is 17.2. The molecule has 2 fully saturated rings. The first-order chi connectivity index (χ1) is 12.2. The van der Waals surface area contributed by atoms with Crippen molar-refractivity contribution in [3.8, 4) is 0 Å². The molecule has 0 atom stereocenters. The van der Waals surface area contributed by atoms with Crippen LogP contribution in [-0.2, 0) is 0 Å². The number of pyridine rings is 1. The van der Waals surface area contributed by atoms with Gasteiger partial charge in [0, 0.05) is 44.1 Å². The second kappa shape index (κ2) is 6.70. The van der Waals surface area contributed by atoms with E-state index in [0.717, 1.165) is 5.69 Å². The SMILES string of the molecule is O=C(c1cc(NC2CC2)ccn1)N1CCN(c2ccccc2F)CC1. The molecular formula is C19H21FN4O. The van der Waals surface area contributed by atoms with Gasteiger partial charge in [0.1, 0.15) is 11.5 Å². The zero-order valence-corrected chi connectivity index (χ0v) is 14.0. The molecule has 6 heteroatoms. The van der Waals surface area contributed by atoms with Gasteiger partial charge in [-0.05, 0) is 37.1 Å². The van der Waals surface area contributed by atoms with E-state index in [1.807, 2.05) is 23.1 Å². The van der Waals surface area contributed by atoms with Gasteiger partial charge in [0.05, 0.1) is 5.69 Å². The molecule has 4 rings (SSSR count). The molecule has 0 unspecified atom stereocenters. The monoisotopic (exact) mass is 340 g/mol. The Morgan fingerprint density at radius 1 is 1.12 bits per heavy atom. The second-order valence-corrected chi connectivity index (χ2v) is 6.58. The first-order valence-electron chi connectivity index (χ1n) is 8.72. The molecule has 2 aliphatic rings. The Bertz CT molecular complexity index is 770. The number of carbonyl (C=O) groups excluding carboxylic acids is 1. The second-order valence-electron chi connectivity index (χ2n) is 6.58. The Kier molecular flexibility index (Phi) is 4.26. The van der Waals surface area contributed by atoms with Crippen LogP contribution in [0.1, 0.15) is 23.3 Å². The first kappa shape index (κ1) is 15.9. The van der Waals surface area contributed by atoms with Crippen molar-refractivity contribution >= 4 is 17.3 Å². The maximum atomic E-state index is 13.9. The zero-order valence-electron chi connectivity index (χ0n) is 14.0. The standard InChI is InChI=1S/C19H21FN4O/c20-16-3-1-2-4-18(16)23-9-11-24(12-10-23)19(25)17-13-15(7-8-21-17)22-14-5-6-14/h1-4,7-8,13-14H,5-6,9-12H2,(H,21,22). The van der Waals surface area contributed by atoms with Crippen LogP contribution in [0.5, 0.6) is 0 Å². The van der Waals surface area contributed by atoms with Crippen molar-refractivity contribution in [1.82, 2.24) is 9.88 Å². The van der Waals surface area contributed by atoms with Crippen molar-refractivity contribution in [3.05, 3.63) is 54.1 Å². The number of carbonyl (C=O) groups is 1. The van der Waals surface area contributed by atoms with E-state index in [2.05, 4.69) is 10.3 Å². The van der Waals surface area contributed by atoms with Crippen molar-refractivity contribution in [1.29, 1.82) is 0 Å². The van der Waals surface area contributed by atoms with Gasteiger partial charge in [0.25, 0.3) is 5.91 Å². The summed E-state index contributed by atoms with van der Waals surface area (Å²) in [5, 5.41) is 3.39. The van der Waals surface area contributed by atoms with Crippen LogP contribution in [0.15, 0.2) is 42.6 Å². The van der Waals surface area contributed by atoms with Crippen molar-refractivity contribution in [2.24, 2.45) is 0 Å². The maximum Gasteiger partial charge on any atom is 0.272 e. The third-order valence-electron chi connectivity index (χ3n) is 4.69. The van der Waals surface area contributed by atoms with E-state index in [0.29, 0.717) is 43.6 Å². The third-order valence-corrected chi connectivity index (χ3v) is 4.69. The Labute approximate surface area is 146 Å². The van der Waals surface area contributed by atoms with Crippen LogP contribution in [-0.4, -0.2) is 48.0 Å². The van der Waals surface area contributed by atoms with Crippen LogP contribution in [0.4, 0.5) is 15.8 Å². The Morgan fingerprint density at radius 2 is 1.88 bits per heavy atom. The summed E-state index contributed by atoms with van der Waals surface area (Å²) in [7, 11) is 0. The molecule has 25 heavy (non-hydrogen) atoms. The molecule has 0 spiro atoms. The summed E-state index contributed by atoms with van der Waals surface area (Å²) >= 11 is 0. The normalized spacial score (nSPS) is 17.5. The first-order valence-corrected chi connectivity index (χ1v) is 8.72. The number of para-hydroxylation sites is 1. The predicted molar refractivity (Wildman–Crippen MR) is 95.4 cm³/mol. The number of piperazine rings is 1. The Morgan fingerprint density at radius 3 is 2.60 bits per heavy atom. The van der Waals surface area contributed by atoms with Crippen LogP contribution in [0.2, 0.25) is 0 Å². The van der Waals surface area contributed by atoms with E-state index in [9.17, 15) is 9.18 Å². The van der Waals surface area contributed by atoms with Crippen LogP contribution < -0.4 is 10.2 Å². The molecule has 2 heterocycles. The van der Waals surface area contributed by atoms with Gasteiger partial charge < -0.3 is 15.1 Å². The van der Waals surface area contributed by atoms with E-state index < -0.39 is 0 Å². The lowest BCUT2D eigenvalue weighted by atomic mass is 10.2. The molecule has 130 valence electrons. The van der Waals surface area contributed by atoms with Crippen LogP contribution >= 0.6 is 0 Å². The average molecular weight is 340 g/mol. The molecule has 0 radical (unpaired) electrons. The summed E-state index contributed by atoms with van der Waals surface area (Å²) < 4.78 is 13.9. The largest absolute Gasteiger partial charge is 0.382 e. The number of anilines is 2. The van der Waals surface area contributed by atoms with E-state index in [-0.39, 0.29) is 11.7 Å². The Balaban J connectivity index is 1.40. The van der Waals surface area contributed by atoms with Gasteiger partial charge in [0.2, 0.25) is 0 Å². The smallest absolute Gasteiger partial charge is 0.272 e. The molecule has 1 aliphatic heterocycles. The Hall–Kier alpha value is -2.63. The van der Waals surface area contributed by atoms with E-state index in [4.69, 9.17) is 0 Å². The van der Waals surface area contributed by atoms with Gasteiger partial charge in [0.15, 0.2) is 0 Å². The van der Waals surface area contributed by atoms with Crippen molar-refractivity contribution in [2.45, 2.75) is 18.9 Å². The lowest BCUT2D eigenvalue weighted by molar-refractivity contribution is 0.0741. The number of hydrogen-bond donors (Lipinski definition) is 1. The molecule has 1 saturated heterocycles. The summed E-state index contributed by atoms with van der Waals surface area (Å²) in [5.74, 6) is -0.282. The van der Waals surface area contributed by atoms with Crippen molar-refractivity contribution in [2.75, 3.05) is 36.4 Å². The van der Waals surface area contributed by atoms with Crippen LogP contribution in [0.25, 0.3) is 0 Å². The van der Waals surface area contributed by atoms with Gasteiger partial charge in [-0.15, -0.1) is 0 Å². The van der Waals surface area contributed by atoms with Crippen LogP contribution in [0, 0.1) is 5.82 Å². The summed E-state index contributed by atoms with van der Waals surface area (Å²) in [6, 6.07) is 11.0. The molecule has 5 nitrogen and oxygen atoms in total. The van der Waals surface area contributed by atoms with Gasteiger partial charge >= 0.3 is 0 Å². The topological polar surface area (TPSA) is 48.5 Å².